The van der Waals surface area contributed by atoms with Gasteiger partial charge in [-0.15, -0.1) is 0 Å². The summed E-state index contributed by atoms with van der Waals surface area (Å²) in [5.41, 5.74) is 0.916. The van der Waals surface area contributed by atoms with Crippen LogP contribution in [0.1, 0.15) is 91.3 Å². The highest BCUT2D eigenvalue weighted by Crippen LogP contribution is 2.41. The molecule has 0 aliphatic heterocycles. The third-order valence-corrected chi connectivity index (χ3v) is 6.65. The second-order valence-corrected chi connectivity index (χ2v) is 11.0. The summed E-state index contributed by atoms with van der Waals surface area (Å²) in [6.45, 7) is 17.8. The maximum Gasteiger partial charge on any atom is 0.408 e. The first-order valence-electron chi connectivity index (χ1n) is 13.2. The molecule has 1 saturated carbocycles. The first kappa shape index (κ1) is 29.4. The van der Waals surface area contributed by atoms with Crippen molar-refractivity contribution >= 4 is 24.0 Å². The standard InChI is InChI=1S/C29H45N3O4/c1-9-12-16-30-26(33)25(22-15-13-14-21(11-3)18-22)32(23-17-20(23)5)27(34)24(19(4)10-2)31-28(35)36-29(6,7)8/h11,13-15,18-20,23-25H,3,9-10,12,16-17H2,1-2,4-8H3,(H,30,33)(H,31,35). The fraction of sp³-hybridized carbons (Fsp3) is 0.621. The van der Waals surface area contributed by atoms with Crippen LogP contribution in [0.15, 0.2) is 30.8 Å². The van der Waals surface area contributed by atoms with Gasteiger partial charge in [0.15, 0.2) is 0 Å². The molecule has 3 amide bonds. The smallest absolute Gasteiger partial charge is 0.408 e. The van der Waals surface area contributed by atoms with Gasteiger partial charge < -0.3 is 20.3 Å². The van der Waals surface area contributed by atoms with E-state index in [1.807, 2.05) is 38.1 Å². The van der Waals surface area contributed by atoms with Crippen molar-refractivity contribution in [1.29, 1.82) is 0 Å². The molecule has 0 heterocycles. The van der Waals surface area contributed by atoms with Crippen molar-refractivity contribution in [2.45, 2.75) is 97.9 Å². The molecular formula is C29H45N3O4. The second kappa shape index (κ2) is 12.9. The Balaban J connectivity index is 2.51. The van der Waals surface area contributed by atoms with Gasteiger partial charge in [-0.25, -0.2) is 4.79 Å². The van der Waals surface area contributed by atoms with Crippen LogP contribution in [0, 0.1) is 11.8 Å². The van der Waals surface area contributed by atoms with Gasteiger partial charge in [-0.2, -0.15) is 0 Å². The molecule has 0 aromatic heterocycles. The molecule has 200 valence electrons. The summed E-state index contributed by atoms with van der Waals surface area (Å²) in [6.07, 6.45) is 4.39. The van der Waals surface area contributed by atoms with Crippen LogP contribution in [-0.4, -0.2) is 47.0 Å². The van der Waals surface area contributed by atoms with E-state index in [-0.39, 0.29) is 29.7 Å². The summed E-state index contributed by atoms with van der Waals surface area (Å²) in [7, 11) is 0. The van der Waals surface area contributed by atoms with Gasteiger partial charge in [-0.3, -0.25) is 9.59 Å². The third kappa shape index (κ3) is 8.10. The molecule has 5 atom stereocenters. The lowest BCUT2D eigenvalue weighted by molar-refractivity contribution is -0.144. The Hall–Kier alpha value is -2.83. The molecule has 0 spiro atoms. The first-order valence-corrected chi connectivity index (χ1v) is 13.2. The van der Waals surface area contributed by atoms with Gasteiger partial charge in [0.25, 0.3) is 0 Å². The van der Waals surface area contributed by atoms with E-state index in [1.165, 1.54) is 0 Å². The molecular weight excluding hydrogens is 454 g/mol. The summed E-state index contributed by atoms with van der Waals surface area (Å²) in [5.74, 6) is -0.354. The quantitative estimate of drug-likeness (QED) is 0.374. The average molecular weight is 500 g/mol. The minimum absolute atomic E-state index is 0.0844. The van der Waals surface area contributed by atoms with E-state index in [4.69, 9.17) is 4.74 Å². The Kier molecular flexibility index (Phi) is 10.6. The van der Waals surface area contributed by atoms with Crippen LogP contribution in [-0.2, 0) is 14.3 Å². The number of alkyl carbamates (subject to hydrolysis) is 1. The molecule has 0 radical (unpaired) electrons. The highest BCUT2D eigenvalue weighted by molar-refractivity contribution is 5.93. The number of unbranched alkanes of at least 4 members (excludes halogenated alkanes) is 1. The van der Waals surface area contributed by atoms with E-state index in [9.17, 15) is 14.4 Å². The van der Waals surface area contributed by atoms with E-state index >= 15 is 0 Å². The van der Waals surface area contributed by atoms with Gasteiger partial charge in [0.1, 0.15) is 17.7 Å². The minimum atomic E-state index is -0.814. The minimum Gasteiger partial charge on any atom is -0.444 e. The maximum absolute atomic E-state index is 14.2. The van der Waals surface area contributed by atoms with Crippen molar-refractivity contribution in [2.75, 3.05) is 6.54 Å². The number of carbonyl (C=O) groups is 3. The van der Waals surface area contributed by atoms with Gasteiger partial charge in [0.05, 0.1) is 0 Å². The lowest BCUT2D eigenvalue weighted by Crippen LogP contribution is -2.56. The number of nitrogens with one attached hydrogen (secondary N) is 2. The average Bonchev–Trinajstić information content (AvgIpc) is 3.54. The molecule has 2 N–H and O–H groups in total. The lowest BCUT2D eigenvalue weighted by Gasteiger charge is -2.36. The predicted molar refractivity (Wildman–Crippen MR) is 144 cm³/mol. The summed E-state index contributed by atoms with van der Waals surface area (Å²) >= 11 is 0. The zero-order chi connectivity index (χ0) is 27.0. The Labute approximate surface area is 217 Å². The number of hydrogen-bond donors (Lipinski definition) is 2. The monoisotopic (exact) mass is 499 g/mol. The van der Waals surface area contributed by atoms with Crippen LogP contribution in [0.25, 0.3) is 6.08 Å². The summed E-state index contributed by atoms with van der Waals surface area (Å²) in [5, 5.41) is 5.86. The molecule has 7 heteroatoms. The number of benzene rings is 1. The fourth-order valence-electron chi connectivity index (χ4n) is 4.23. The van der Waals surface area contributed by atoms with Crippen molar-refractivity contribution in [3.05, 3.63) is 42.0 Å². The molecule has 1 aromatic rings. The van der Waals surface area contributed by atoms with Crippen molar-refractivity contribution in [1.82, 2.24) is 15.5 Å². The SMILES string of the molecule is C=Cc1cccc(C(C(=O)NCCCC)N(C(=O)C(NC(=O)OC(C)(C)C)C(C)CC)C2CC2C)c1. The molecule has 1 aliphatic rings. The fourth-order valence-corrected chi connectivity index (χ4v) is 4.23. The molecule has 1 aromatic carbocycles. The van der Waals surface area contributed by atoms with Crippen LogP contribution in [0.3, 0.4) is 0 Å². The molecule has 1 aliphatic carbocycles. The molecule has 36 heavy (non-hydrogen) atoms. The Morgan fingerprint density at radius 1 is 1.25 bits per heavy atom. The summed E-state index contributed by atoms with van der Waals surface area (Å²) in [6, 6.07) is 5.87. The molecule has 0 bridgehead atoms. The second-order valence-electron chi connectivity index (χ2n) is 11.0. The Morgan fingerprint density at radius 3 is 2.44 bits per heavy atom. The van der Waals surface area contributed by atoms with Crippen molar-refractivity contribution < 1.29 is 19.1 Å². The van der Waals surface area contributed by atoms with Crippen LogP contribution < -0.4 is 10.6 Å². The van der Waals surface area contributed by atoms with Crippen molar-refractivity contribution in [2.24, 2.45) is 11.8 Å². The predicted octanol–water partition coefficient (Wildman–Crippen LogP) is 5.46. The van der Waals surface area contributed by atoms with Crippen LogP contribution >= 0.6 is 0 Å². The van der Waals surface area contributed by atoms with Gasteiger partial charge >= 0.3 is 6.09 Å². The van der Waals surface area contributed by atoms with Crippen LogP contribution in [0.5, 0.6) is 0 Å². The summed E-state index contributed by atoms with van der Waals surface area (Å²) < 4.78 is 5.47. The Morgan fingerprint density at radius 2 is 1.92 bits per heavy atom. The van der Waals surface area contributed by atoms with E-state index in [1.54, 1.807) is 31.7 Å². The number of nitrogens with zero attached hydrogens (tertiary/aromatic N) is 1. The summed E-state index contributed by atoms with van der Waals surface area (Å²) in [4.78, 5) is 42.3. The zero-order valence-electron chi connectivity index (χ0n) is 23.1. The van der Waals surface area contributed by atoms with Gasteiger partial charge in [-0.05, 0) is 62.6 Å². The van der Waals surface area contributed by atoms with Gasteiger partial charge in [0, 0.05) is 12.6 Å². The Bertz CT molecular complexity index is 923. The van der Waals surface area contributed by atoms with Crippen LogP contribution in [0.4, 0.5) is 4.79 Å². The third-order valence-electron chi connectivity index (χ3n) is 6.65. The number of rotatable bonds is 12. The normalized spacial score (nSPS) is 19.4. The van der Waals surface area contributed by atoms with E-state index in [0.717, 1.165) is 30.4 Å². The molecule has 1 fully saturated rings. The van der Waals surface area contributed by atoms with Gasteiger partial charge in [-0.1, -0.05) is 71.4 Å². The first-order chi connectivity index (χ1) is 16.9. The van der Waals surface area contributed by atoms with Crippen LogP contribution in [0.2, 0.25) is 0 Å². The van der Waals surface area contributed by atoms with Gasteiger partial charge in [0.2, 0.25) is 11.8 Å². The molecule has 5 unspecified atom stereocenters. The van der Waals surface area contributed by atoms with Crippen molar-refractivity contribution in [3.63, 3.8) is 0 Å². The molecule has 0 saturated heterocycles. The highest BCUT2D eigenvalue weighted by atomic mass is 16.6. The molecule has 2 rings (SSSR count). The topological polar surface area (TPSA) is 87.7 Å². The lowest BCUT2D eigenvalue weighted by atomic mass is 9.95. The van der Waals surface area contributed by atoms with E-state index in [2.05, 4.69) is 31.1 Å². The van der Waals surface area contributed by atoms with Crippen molar-refractivity contribution in [3.8, 4) is 0 Å². The molecule has 7 nitrogen and oxygen atoms in total. The number of ether oxygens (including phenoxy) is 1. The number of amides is 3. The number of hydrogen-bond acceptors (Lipinski definition) is 4. The maximum atomic E-state index is 14.2. The van der Waals surface area contributed by atoms with E-state index < -0.39 is 23.8 Å². The largest absolute Gasteiger partial charge is 0.444 e. The highest BCUT2D eigenvalue weighted by Gasteiger charge is 2.48. The number of carbonyl (C=O) groups excluding carboxylic acids is 3. The van der Waals surface area contributed by atoms with E-state index in [0.29, 0.717) is 13.0 Å². The zero-order valence-corrected chi connectivity index (χ0v) is 23.1.